The van der Waals surface area contributed by atoms with Crippen molar-refractivity contribution < 1.29 is 14.3 Å². The van der Waals surface area contributed by atoms with Gasteiger partial charge in [-0.2, -0.15) is 0 Å². The van der Waals surface area contributed by atoms with E-state index in [1.807, 2.05) is 6.92 Å². The highest BCUT2D eigenvalue weighted by Crippen LogP contribution is 2.03. The van der Waals surface area contributed by atoms with E-state index in [0.717, 1.165) is 6.42 Å². The van der Waals surface area contributed by atoms with Crippen molar-refractivity contribution in [3.63, 3.8) is 0 Å². The molecule has 0 aromatic carbocycles. The number of esters is 1. The molecule has 0 aromatic rings. The summed E-state index contributed by atoms with van der Waals surface area (Å²) < 4.78 is 4.54. The Bertz CT molecular complexity index is 214. The summed E-state index contributed by atoms with van der Waals surface area (Å²) in [5.74, 6) is -0.468. The van der Waals surface area contributed by atoms with Crippen LogP contribution in [0.15, 0.2) is 0 Å². The van der Waals surface area contributed by atoms with Gasteiger partial charge >= 0.3 is 12.0 Å². The Labute approximate surface area is 84.2 Å². The molecule has 0 unspecified atom stereocenters. The van der Waals surface area contributed by atoms with Gasteiger partial charge in [-0.15, -0.1) is 0 Å². The Kier molecular flexibility index (Phi) is 4.97. The number of carbonyl (C=O) groups is 2. The molecule has 0 atom stereocenters. The first-order valence-corrected chi connectivity index (χ1v) is 4.58. The summed E-state index contributed by atoms with van der Waals surface area (Å²) in [5.41, 5.74) is -0.993. The molecule has 2 amide bonds. The van der Waals surface area contributed by atoms with Gasteiger partial charge in [0, 0.05) is 6.54 Å². The summed E-state index contributed by atoms with van der Waals surface area (Å²) in [6, 6.07) is -0.359. The molecule has 0 heterocycles. The lowest BCUT2D eigenvalue weighted by molar-refractivity contribution is -0.146. The van der Waals surface area contributed by atoms with Crippen molar-refractivity contribution in [1.29, 1.82) is 0 Å². The number of ether oxygens (including phenoxy) is 1. The van der Waals surface area contributed by atoms with E-state index in [1.54, 1.807) is 13.8 Å². The molecule has 0 aliphatic rings. The molecule has 82 valence electrons. The fraction of sp³-hybridized carbons (Fsp3) is 0.778. The molecule has 0 aromatic heterocycles. The van der Waals surface area contributed by atoms with Gasteiger partial charge < -0.3 is 15.4 Å². The van der Waals surface area contributed by atoms with Gasteiger partial charge in [0.1, 0.15) is 5.54 Å². The second kappa shape index (κ2) is 5.47. The van der Waals surface area contributed by atoms with Crippen molar-refractivity contribution in [2.75, 3.05) is 13.7 Å². The van der Waals surface area contributed by atoms with E-state index in [4.69, 9.17) is 0 Å². The van der Waals surface area contributed by atoms with Gasteiger partial charge in [-0.1, -0.05) is 6.92 Å². The highest BCUT2D eigenvalue weighted by Gasteiger charge is 2.30. The Morgan fingerprint density at radius 3 is 2.36 bits per heavy atom. The third kappa shape index (κ3) is 4.11. The van der Waals surface area contributed by atoms with Crippen LogP contribution in [0.4, 0.5) is 4.79 Å². The smallest absolute Gasteiger partial charge is 0.331 e. The monoisotopic (exact) mass is 202 g/mol. The SMILES string of the molecule is CCCNC(=O)NC(C)(C)C(=O)OC. The van der Waals surface area contributed by atoms with Crippen molar-refractivity contribution in [2.45, 2.75) is 32.7 Å². The molecule has 5 nitrogen and oxygen atoms in total. The van der Waals surface area contributed by atoms with Crippen molar-refractivity contribution in [1.82, 2.24) is 10.6 Å². The fourth-order valence-corrected chi connectivity index (χ4v) is 0.873. The lowest BCUT2D eigenvalue weighted by atomic mass is 10.1. The van der Waals surface area contributed by atoms with Gasteiger partial charge in [-0.05, 0) is 20.3 Å². The molecule has 5 heteroatoms. The molecule has 0 rings (SSSR count). The van der Waals surface area contributed by atoms with Crippen molar-refractivity contribution in [3.05, 3.63) is 0 Å². The molecule has 0 saturated carbocycles. The van der Waals surface area contributed by atoms with Crippen LogP contribution in [0, 0.1) is 0 Å². The molecule has 14 heavy (non-hydrogen) atoms. The fourth-order valence-electron chi connectivity index (χ4n) is 0.873. The van der Waals surface area contributed by atoms with Gasteiger partial charge in [-0.25, -0.2) is 9.59 Å². The number of rotatable bonds is 4. The molecule has 0 saturated heterocycles. The molecular formula is C9H18N2O3. The molecule has 0 aliphatic heterocycles. The van der Waals surface area contributed by atoms with Crippen molar-refractivity contribution >= 4 is 12.0 Å². The number of methoxy groups -OCH3 is 1. The van der Waals surface area contributed by atoms with E-state index in [9.17, 15) is 9.59 Å². The summed E-state index contributed by atoms with van der Waals surface area (Å²) in [5, 5.41) is 5.13. The molecular weight excluding hydrogens is 184 g/mol. The standard InChI is InChI=1S/C9H18N2O3/c1-5-6-10-8(13)11-9(2,3)7(12)14-4/h5-6H2,1-4H3,(H2,10,11,13). The van der Waals surface area contributed by atoms with Gasteiger partial charge in [0.15, 0.2) is 0 Å². The maximum Gasteiger partial charge on any atom is 0.331 e. The minimum Gasteiger partial charge on any atom is -0.467 e. The van der Waals surface area contributed by atoms with Crippen LogP contribution < -0.4 is 10.6 Å². The van der Waals surface area contributed by atoms with E-state index in [1.165, 1.54) is 7.11 Å². The minimum absolute atomic E-state index is 0.359. The van der Waals surface area contributed by atoms with Gasteiger partial charge in [0.25, 0.3) is 0 Å². The van der Waals surface area contributed by atoms with Gasteiger partial charge in [0.2, 0.25) is 0 Å². The minimum atomic E-state index is -0.993. The number of hydrogen-bond acceptors (Lipinski definition) is 3. The van der Waals surface area contributed by atoms with Crippen molar-refractivity contribution in [2.24, 2.45) is 0 Å². The average Bonchev–Trinajstić information content (AvgIpc) is 2.12. The number of carbonyl (C=O) groups excluding carboxylic acids is 2. The first kappa shape index (κ1) is 12.7. The summed E-state index contributed by atoms with van der Waals surface area (Å²) in [6.45, 7) is 5.71. The quantitative estimate of drug-likeness (QED) is 0.658. The topological polar surface area (TPSA) is 67.4 Å². The lowest BCUT2D eigenvalue weighted by Crippen LogP contribution is -2.53. The number of nitrogens with one attached hydrogen (secondary N) is 2. The second-order valence-electron chi connectivity index (χ2n) is 3.50. The van der Waals surface area contributed by atoms with E-state index < -0.39 is 11.5 Å². The summed E-state index contributed by atoms with van der Waals surface area (Å²) >= 11 is 0. The van der Waals surface area contributed by atoms with E-state index >= 15 is 0 Å². The first-order valence-electron chi connectivity index (χ1n) is 4.58. The Balaban J connectivity index is 4.08. The maximum absolute atomic E-state index is 11.2. The molecule has 0 radical (unpaired) electrons. The predicted molar refractivity (Wildman–Crippen MR) is 52.9 cm³/mol. The lowest BCUT2D eigenvalue weighted by Gasteiger charge is -2.23. The average molecular weight is 202 g/mol. The zero-order valence-corrected chi connectivity index (χ0v) is 9.14. The highest BCUT2D eigenvalue weighted by atomic mass is 16.5. The Morgan fingerprint density at radius 2 is 1.93 bits per heavy atom. The van der Waals surface area contributed by atoms with Crippen LogP contribution >= 0.6 is 0 Å². The maximum atomic E-state index is 11.2. The predicted octanol–water partition coefficient (Wildman–Crippen LogP) is 0.647. The summed E-state index contributed by atoms with van der Waals surface area (Å²) in [7, 11) is 1.29. The van der Waals surface area contributed by atoms with Crippen LogP contribution in [0.3, 0.4) is 0 Å². The normalized spacial score (nSPS) is 10.6. The third-order valence-corrected chi connectivity index (χ3v) is 1.66. The largest absolute Gasteiger partial charge is 0.467 e. The molecule has 0 spiro atoms. The van der Waals surface area contributed by atoms with Crippen LogP contribution in [0.2, 0.25) is 0 Å². The van der Waals surface area contributed by atoms with E-state index in [-0.39, 0.29) is 6.03 Å². The van der Waals surface area contributed by atoms with E-state index in [2.05, 4.69) is 15.4 Å². The highest BCUT2D eigenvalue weighted by molar-refractivity contribution is 5.86. The molecule has 0 bridgehead atoms. The third-order valence-electron chi connectivity index (χ3n) is 1.66. The second-order valence-corrected chi connectivity index (χ2v) is 3.50. The zero-order valence-electron chi connectivity index (χ0n) is 9.14. The molecule has 0 fully saturated rings. The van der Waals surface area contributed by atoms with Crippen LogP contribution in [0.1, 0.15) is 27.2 Å². The van der Waals surface area contributed by atoms with Crippen LogP contribution in [-0.4, -0.2) is 31.2 Å². The van der Waals surface area contributed by atoms with Gasteiger partial charge in [-0.3, -0.25) is 0 Å². The Morgan fingerprint density at radius 1 is 1.36 bits per heavy atom. The zero-order chi connectivity index (χ0) is 11.2. The molecule has 2 N–H and O–H groups in total. The molecule has 0 aliphatic carbocycles. The van der Waals surface area contributed by atoms with Crippen LogP contribution in [0.25, 0.3) is 0 Å². The number of hydrogen-bond donors (Lipinski definition) is 2. The number of amides is 2. The van der Waals surface area contributed by atoms with Crippen LogP contribution in [0.5, 0.6) is 0 Å². The summed E-state index contributed by atoms with van der Waals surface area (Å²) in [6.07, 6.45) is 0.853. The van der Waals surface area contributed by atoms with E-state index in [0.29, 0.717) is 6.54 Å². The number of urea groups is 1. The van der Waals surface area contributed by atoms with Crippen LogP contribution in [-0.2, 0) is 9.53 Å². The summed E-state index contributed by atoms with van der Waals surface area (Å²) in [4.78, 5) is 22.4. The van der Waals surface area contributed by atoms with Crippen molar-refractivity contribution in [3.8, 4) is 0 Å². The van der Waals surface area contributed by atoms with Gasteiger partial charge in [0.05, 0.1) is 7.11 Å². The Hall–Kier alpha value is -1.26. The first-order chi connectivity index (χ1) is 6.44.